The first-order chi connectivity index (χ1) is 15.1. The summed E-state index contributed by atoms with van der Waals surface area (Å²) in [6.07, 6.45) is 1.85. The number of rotatable bonds is 7. The maximum absolute atomic E-state index is 13.0. The SMILES string of the molecule is CCOc1ccc(N2C(=O)/C(=C/c3cccc(OCc4ccccc4)c3)SC2=S)cc1. The molecule has 0 radical (unpaired) electrons. The molecule has 0 spiro atoms. The highest BCUT2D eigenvalue weighted by molar-refractivity contribution is 8.27. The van der Waals surface area contributed by atoms with Crippen molar-refractivity contribution in [2.24, 2.45) is 0 Å². The first kappa shape index (κ1) is 21.2. The summed E-state index contributed by atoms with van der Waals surface area (Å²) in [6.45, 7) is 3.02. The third-order valence-corrected chi connectivity index (χ3v) is 5.91. The highest BCUT2D eigenvalue weighted by Crippen LogP contribution is 2.36. The fourth-order valence-electron chi connectivity index (χ4n) is 3.13. The van der Waals surface area contributed by atoms with E-state index in [9.17, 15) is 4.79 Å². The van der Waals surface area contributed by atoms with Crippen LogP contribution in [0.5, 0.6) is 11.5 Å². The van der Waals surface area contributed by atoms with Gasteiger partial charge in [0, 0.05) is 0 Å². The highest BCUT2D eigenvalue weighted by Gasteiger charge is 2.33. The van der Waals surface area contributed by atoms with E-state index in [4.69, 9.17) is 21.7 Å². The van der Waals surface area contributed by atoms with E-state index in [-0.39, 0.29) is 5.91 Å². The number of thioether (sulfide) groups is 1. The van der Waals surface area contributed by atoms with Crippen molar-refractivity contribution in [1.82, 2.24) is 0 Å². The smallest absolute Gasteiger partial charge is 0.270 e. The van der Waals surface area contributed by atoms with Crippen molar-refractivity contribution >= 4 is 46.0 Å². The lowest BCUT2D eigenvalue weighted by Crippen LogP contribution is -2.27. The second-order valence-electron chi connectivity index (χ2n) is 6.79. The zero-order chi connectivity index (χ0) is 21.6. The van der Waals surface area contributed by atoms with Crippen molar-refractivity contribution < 1.29 is 14.3 Å². The first-order valence-electron chi connectivity index (χ1n) is 9.91. The monoisotopic (exact) mass is 447 g/mol. The predicted octanol–water partition coefficient (Wildman–Crippen LogP) is 6.07. The molecule has 3 aromatic carbocycles. The Bertz CT molecular complexity index is 1110. The van der Waals surface area contributed by atoms with E-state index >= 15 is 0 Å². The van der Waals surface area contributed by atoms with Gasteiger partial charge in [-0.2, -0.15) is 0 Å². The van der Waals surface area contributed by atoms with E-state index in [0.717, 1.165) is 28.3 Å². The van der Waals surface area contributed by atoms with E-state index in [0.29, 0.717) is 22.4 Å². The third-order valence-electron chi connectivity index (χ3n) is 4.60. The minimum Gasteiger partial charge on any atom is -0.494 e. The fraction of sp³-hybridized carbons (Fsp3) is 0.120. The second kappa shape index (κ2) is 9.81. The van der Waals surface area contributed by atoms with Gasteiger partial charge in [0.25, 0.3) is 5.91 Å². The largest absolute Gasteiger partial charge is 0.494 e. The number of anilines is 1. The molecule has 0 aromatic heterocycles. The van der Waals surface area contributed by atoms with Crippen LogP contribution in [0.2, 0.25) is 0 Å². The number of hydrogen-bond acceptors (Lipinski definition) is 5. The Morgan fingerprint density at radius 1 is 0.935 bits per heavy atom. The van der Waals surface area contributed by atoms with Gasteiger partial charge in [0.2, 0.25) is 0 Å². The molecule has 156 valence electrons. The molecular formula is C25H21NO3S2. The van der Waals surface area contributed by atoms with Crippen molar-refractivity contribution in [2.75, 3.05) is 11.5 Å². The summed E-state index contributed by atoms with van der Waals surface area (Å²) in [5.41, 5.74) is 2.72. The van der Waals surface area contributed by atoms with Gasteiger partial charge in [0.15, 0.2) is 4.32 Å². The van der Waals surface area contributed by atoms with Crippen LogP contribution in [0.3, 0.4) is 0 Å². The van der Waals surface area contributed by atoms with E-state index in [1.165, 1.54) is 11.8 Å². The summed E-state index contributed by atoms with van der Waals surface area (Å²) >= 11 is 6.77. The number of thiocarbonyl (C=S) groups is 1. The van der Waals surface area contributed by atoms with E-state index in [1.54, 1.807) is 4.90 Å². The summed E-state index contributed by atoms with van der Waals surface area (Å²) in [7, 11) is 0. The molecule has 0 unspecified atom stereocenters. The predicted molar refractivity (Wildman–Crippen MR) is 130 cm³/mol. The van der Waals surface area contributed by atoms with Crippen molar-refractivity contribution in [2.45, 2.75) is 13.5 Å². The molecule has 0 N–H and O–H groups in total. The molecule has 31 heavy (non-hydrogen) atoms. The molecule has 1 aliphatic rings. The Morgan fingerprint density at radius 3 is 2.45 bits per heavy atom. The first-order valence-corrected chi connectivity index (χ1v) is 11.1. The van der Waals surface area contributed by atoms with Crippen LogP contribution < -0.4 is 14.4 Å². The van der Waals surface area contributed by atoms with Gasteiger partial charge in [-0.3, -0.25) is 9.69 Å². The highest BCUT2D eigenvalue weighted by atomic mass is 32.2. The zero-order valence-electron chi connectivity index (χ0n) is 17.0. The summed E-state index contributed by atoms with van der Waals surface area (Å²) in [5, 5.41) is 0. The van der Waals surface area contributed by atoms with E-state index in [2.05, 4.69) is 0 Å². The molecular weight excluding hydrogens is 426 g/mol. The van der Waals surface area contributed by atoms with Crippen LogP contribution in [0, 0.1) is 0 Å². The Balaban J connectivity index is 1.48. The van der Waals surface area contributed by atoms with Gasteiger partial charge in [-0.25, -0.2) is 0 Å². The molecule has 4 nitrogen and oxygen atoms in total. The van der Waals surface area contributed by atoms with Crippen LogP contribution in [0.1, 0.15) is 18.1 Å². The topological polar surface area (TPSA) is 38.8 Å². The van der Waals surface area contributed by atoms with Crippen molar-refractivity contribution in [3.8, 4) is 11.5 Å². The molecule has 1 fully saturated rings. The number of amides is 1. The molecule has 0 saturated carbocycles. The lowest BCUT2D eigenvalue weighted by Gasteiger charge is -2.15. The van der Waals surface area contributed by atoms with Gasteiger partial charge >= 0.3 is 0 Å². The summed E-state index contributed by atoms with van der Waals surface area (Å²) in [6, 6.07) is 25.1. The molecule has 1 saturated heterocycles. The zero-order valence-corrected chi connectivity index (χ0v) is 18.6. The average Bonchev–Trinajstić information content (AvgIpc) is 3.07. The molecule has 0 atom stereocenters. The van der Waals surface area contributed by atoms with Gasteiger partial charge in [0.1, 0.15) is 18.1 Å². The van der Waals surface area contributed by atoms with Gasteiger partial charge in [0.05, 0.1) is 17.2 Å². The van der Waals surface area contributed by atoms with Crippen LogP contribution in [-0.2, 0) is 11.4 Å². The Kier molecular flexibility index (Phi) is 6.70. The van der Waals surface area contributed by atoms with Crippen molar-refractivity contribution in [3.05, 3.63) is 94.9 Å². The van der Waals surface area contributed by atoms with Crippen molar-refractivity contribution in [1.29, 1.82) is 0 Å². The van der Waals surface area contributed by atoms with Crippen LogP contribution in [-0.4, -0.2) is 16.8 Å². The lowest BCUT2D eigenvalue weighted by molar-refractivity contribution is -0.113. The molecule has 0 aliphatic carbocycles. The Labute approximate surface area is 191 Å². The normalized spacial score (nSPS) is 14.9. The second-order valence-corrected chi connectivity index (χ2v) is 8.47. The number of nitrogens with zero attached hydrogens (tertiary/aromatic N) is 1. The number of carbonyl (C=O) groups excluding carboxylic acids is 1. The summed E-state index contributed by atoms with van der Waals surface area (Å²) in [5.74, 6) is 1.38. The molecule has 6 heteroatoms. The molecule has 1 heterocycles. The molecule has 1 amide bonds. The summed E-state index contributed by atoms with van der Waals surface area (Å²) in [4.78, 5) is 15.1. The Morgan fingerprint density at radius 2 is 1.71 bits per heavy atom. The molecule has 0 bridgehead atoms. The summed E-state index contributed by atoms with van der Waals surface area (Å²) < 4.78 is 11.9. The number of hydrogen-bond donors (Lipinski definition) is 0. The van der Waals surface area contributed by atoms with Gasteiger partial charge in [-0.05, 0) is 60.5 Å². The average molecular weight is 448 g/mol. The van der Waals surface area contributed by atoms with Crippen LogP contribution >= 0.6 is 24.0 Å². The van der Waals surface area contributed by atoms with Crippen molar-refractivity contribution in [3.63, 3.8) is 0 Å². The fourth-order valence-corrected chi connectivity index (χ4v) is 4.43. The lowest BCUT2D eigenvalue weighted by atomic mass is 10.2. The number of benzene rings is 3. The molecule has 4 rings (SSSR count). The van der Waals surface area contributed by atoms with Crippen LogP contribution in [0.4, 0.5) is 5.69 Å². The van der Waals surface area contributed by atoms with Gasteiger partial charge in [-0.15, -0.1) is 0 Å². The molecule has 1 aliphatic heterocycles. The van der Waals surface area contributed by atoms with Gasteiger partial charge in [-0.1, -0.05) is 66.4 Å². The van der Waals surface area contributed by atoms with Gasteiger partial charge < -0.3 is 9.47 Å². The van der Waals surface area contributed by atoms with E-state index in [1.807, 2.05) is 91.9 Å². The van der Waals surface area contributed by atoms with Crippen LogP contribution in [0.25, 0.3) is 6.08 Å². The van der Waals surface area contributed by atoms with E-state index < -0.39 is 0 Å². The minimum atomic E-state index is -0.130. The quantitative estimate of drug-likeness (QED) is 0.325. The van der Waals surface area contributed by atoms with Crippen LogP contribution in [0.15, 0.2) is 83.8 Å². The minimum absolute atomic E-state index is 0.130. The maximum atomic E-state index is 13.0. The molecule has 3 aromatic rings. The standard InChI is InChI=1S/C25H21NO3S2/c1-2-28-21-13-11-20(12-14-21)26-24(27)23(31-25(26)30)16-19-9-6-10-22(15-19)29-17-18-7-4-3-5-8-18/h3-16H,2,17H2,1H3/b23-16-. The maximum Gasteiger partial charge on any atom is 0.270 e. The third kappa shape index (κ3) is 5.16. The number of ether oxygens (including phenoxy) is 2. The number of carbonyl (C=O) groups is 1. The Hall–Kier alpha value is -3.09.